The van der Waals surface area contributed by atoms with Crippen LogP contribution in [0.4, 0.5) is 11.4 Å². The van der Waals surface area contributed by atoms with Crippen LogP contribution in [-0.2, 0) is 16.1 Å². The lowest BCUT2D eigenvalue weighted by Gasteiger charge is -2.15. The molecule has 0 saturated heterocycles. The van der Waals surface area contributed by atoms with Crippen molar-refractivity contribution < 1.29 is 14.4 Å². The van der Waals surface area contributed by atoms with Crippen molar-refractivity contribution in [3.63, 3.8) is 0 Å². The molecule has 0 heterocycles. The minimum Gasteiger partial charge on any atom is -0.382 e. The molecule has 0 bridgehead atoms. The van der Waals surface area contributed by atoms with Gasteiger partial charge in [-0.05, 0) is 13.8 Å². The van der Waals surface area contributed by atoms with Gasteiger partial charge in [-0.25, -0.2) is 0 Å². The number of hydrogen-bond acceptors (Lipinski definition) is 5. The zero-order valence-electron chi connectivity index (χ0n) is 11.5. The molecule has 0 amide bonds. The molecule has 1 aromatic rings. The average Bonchev–Trinajstić information content (AvgIpc) is 2.37. The van der Waals surface area contributed by atoms with Crippen molar-refractivity contribution >= 4 is 11.4 Å². The summed E-state index contributed by atoms with van der Waals surface area (Å²) in [5.41, 5.74) is 1.38. The van der Waals surface area contributed by atoms with Gasteiger partial charge in [0.1, 0.15) is 5.69 Å². The van der Waals surface area contributed by atoms with Gasteiger partial charge >= 0.3 is 0 Å². The van der Waals surface area contributed by atoms with E-state index in [0.717, 1.165) is 5.56 Å². The van der Waals surface area contributed by atoms with Crippen LogP contribution < -0.4 is 5.32 Å². The molecule has 6 nitrogen and oxygen atoms in total. The monoisotopic (exact) mass is 268 g/mol. The number of anilines is 1. The number of hydrogen-bond donors (Lipinski definition) is 1. The second-order valence-corrected chi connectivity index (χ2v) is 4.18. The summed E-state index contributed by atoms with van der Waals surface area (Å²) in [5.74, 6) is 0. The molecule has 0 aromatic heterocycles. The van der Waals surface area contributed by atoms with E-state index in [4.69, 9.17) is 9.47 Å². The zero-order valence-corrected chi connectivity index (χ0v) is 11.5. The first-order chi connectivity index (χ1) is 9.10. The number of rotatable bonds is 8. The quantitative estimate of drug-likeness (QED) is 0.579. The maximum absolute atomic E-state index is 11.0. The topological polar surface area (TPSA) is 73.6 Å². The molecular formula is C13H20N2O4. The molecule has 1 rings (SSSR count). The predicted molar refractivity (Wildman–Crippen MR) is 73.4 cm³/mol. The van der Waals surface area contributed by atoms with Gasteiger partial charge < -0.3 is 14.8 Å². The minimum atomic E-state index is -0.389. The molecule has 0 aliphatic carbocycles. The lowest BCUT2D eigenvalue weighted by Crippen LogP contribution is -2.15. The van der Waals surface area contributed by atoms with Gasteiger partial charge in [0.25, 0.3) is 5.69 Å². The molecule has 0 fully saturated rings. The Morgan fingerprint density at radius 2 is 2.21 bits per heavy atom. The molecule has 1 aromatic carbocycles. The van der Waals surface area contributed by atoms with E-state index in [-0.39, 0.29) is 16.7 Å². The van der Waals surface area contributed by atoms with Crippen LogP contribution in [0.5, 0.6) is 0 Å². The molecule has 1 unspecified atom stereocenters. The normalized spacial score (nSPS) is 12.2. The summed E-state index contributed by atoms with van der Waals surface area (Å²) >= 11 is 0. The van der Waals surface area contributed by atoms with Gasteiger partial charge in [0.15, 0.2) is 0 Å². The minimum absolute atomic E-state index is 0.0567. The molecule has 19 heavy (non-hydrogen) atoms. The summed E-state index contributed by atoms with van der Waals surface area (Å²) in [7, 11) is 1.61. The fourth-order valence-corrected chi connectivity index (χ4v) is 1.75. The number of nitrogens with zero attached hydrogens (tertiary/aromatic N) is 1. The van der Waals surface area contributed by atoms with E-state index in [1.807, 2.05) is 19.9 Å². The molecule has 0 aliphatic heterocycles. The number of ether oxygens (including phenoxy) is 2. The van der Waals surface area contributed by atoms with E-state index in [2.05, 4.69) is 5.32 Å². The SMILES string of the molecule is CCNc1c(COC(C)COC)cccc1[N+](=O)[O-]. The molecule has 0 aliphatic rings. The first-order valence-electron chi connectivity index (χ1n) is 6.20. The predicted octanol–water partition coefficient (Wildman–Crippen LogP) is 2.58. The van der Waals surface area contributed by atoms with Gasteiger partial charge in [0, 0.05) is 25.3 Å². The van der Waals surface area contributed by atoms with Gasteiger partial charge in [-0.2, -0.15) is 0 Å². The average molecular weight is 268 g/mol. The van der Waals surface area contributed by atoms with Crippen molar-refractivity contribution in [2.75, 3.05) is 25.6 Å². The standard InChI is InChI=1S/C13H20N2O4/c1-4-14-13-11(9-19-10(2)8-18-3)6-5-7-12(13)15(16)17/h5-7,10,14H,4,8-9H2,1-3H3. The summed E-state index contributed by atoms with van der Waals surface area (Å²) in [5, 5.41) is 14.0. The van der Waals surface area contributed by atoms with Gasteiger partial charge in [0.2, 0.25) is 0 Å². The molecule has 6 heteroatoms. The van der Waals surface area contributed by atoms with E-state index in [9.17, 15) is 10.1 Å². The molecule has 0 radical (unpaired) electrons. The number of benzene rings is 1. The maximum atomic E-state index is 11.0. The van der Waals surface area contributed by atoms with E-state index in [0.29, 0.717) is 25.4 Å². The van der Waals surface area contributed by atoms with Crippen LogP contribution in [0.2, 0.25) is 0 Å². The molecule has 1 N–H and O–H groups in total. The Morgan fingerprint density at radius 1 is 1.47 bits per heavy atom. The largest absolute Gasteiger partial charge is 0.382 e. The Hall–Kier alpha value is -1.66. The van der Waals surface area contributed by atoms with E-state index >= 15 is 0 Å². The third kappa shape index (κ3) is 4.50. The van der Waals surface area contributed by atoms with Gasteiger partial charge in [-0.1, -0.05) is 12.1 Å². The van der Waals surface area contributed by atoms with Crippen LogP contribution in [0.25, 0.3) is 0 Å². The first kappa shape index (κ1) is 15.4. The highest BCUT2D eigenvalue weighted by Crippen LogP contribution is 2.28. The highest BCUT2D eigenvalue weighted by atomic mass is 16.6. The Morgan fingerprint density at radius 3 is 2.79 bits per heavy atom. The van der Waals surface area contributed by atoms with Crippen LogP contribution in [0, 0.1) is 10.1 Å². The zero-order chi connectivity index (χ0) is 14.3. The summed E-state index contributed by atoms with van der Waals surface area (Å²) in [4.78, 5) is 10.6. The van der Waals surface area contributed by atoms with E-state index in [1.54, 1.807) is 13.2 Å². The van der Waals surface area contributed by atoms with Crippen molar-refractivity contribution in [2.24, 2.45) is 0 Å². The van der Waals surface area contributed by atoms with Crippen LogP contribution in [-0.4, -0.2) is 31.3 Å². The number of nitrogens with one attached hydrogen (secondary N) is 1. The second-order valence-electron chi connectivity index (χ2n) is 4.18. The van der Waals surface area contributed by atoms with Crippen molar-refractivity contribution in [3.05, 3.63) is 33.9 Å². The van der Waals surface area contributed by atoms with Crippen LogP contribution in [0.15, 0.2) is 18.2 Å². The third-order valence-electron chi connectivity index (χ3n) is 2.60. The maximum Gasteiger partial charge on any atom is 0.292 e. The first-order valence-corrected chi connectivity index (χ1v) is 6.20. The fraction of sp³-hybridized carbons (Fsp3) is 0.538. The van der Waals surface area contributed by atoms with Crippen molar-refractivity contribution in [1.29, 1.82) is 0 Å². The van der Waals surface area contributed by atoms with Gasteiger partial charge in [0.05, 0.1) is 24.2 Å². The number of methoxy groups -OCH3 is 1. The smallest absolute Gasteiger partial charge is 0.292 e. The highest BCUT2D eigenvalue weighted by Gasteiger charge is 2.17. The van der Waals surface area contributed by atoms with E-state index in [1.165, 1.54) is 6.07 Å². The molecule has 0 spiro atoms. The van der Waals surface area contributed by atoms with Crippen molar-refractivity contribution in [1.82, 2.24) is 0 Å². The third-order valence-corrected chi connectivity index (χ3v) is 2.60. The highest BCUT2D eigenvalue weighted by molar-refractivity contribution is 5.66. The molecule has 0 saturated carbocycles. The lowest BCUT2D eigenvalue weighted by atomic mass is 10.1. The number of nitro groups is 1. The molecular weight excluding hydrogens is 248 g/mol. The van der Waals surface area contributed by atoms with Crippen LogP contribution in [0.1, 0.15) is 19.4 Å². The van der Waals surface area contributed by atoms with Crippen LogP contribution >= 0.6 is 0 Å². The Bertz CT molecular complexity index is 423. The van der Waals surface area contributed by atoms with Crippen molar-refractivity contribution in [2.45, 2.75) is 26.6 Å². The second kappa shape index (κ2) is 7.70. The molecule has 1 atom stereocenters. The summed E-state index contributed by atoms with van der Waals surface area (Å²) < 4.78 is 10.6. The Labute approximate surface area is 112 Å². The van der Waals surface area contributed by atoms with Crippen LogP contribution in [0.3, 0.4) is 0 Å². The Kier molecular flexibility index (Phi) is 6.24. The lowest BCUT2D eigenvalue weighted by molar-refractivity contribution is -0.384. The summed E-state index contributed by atoms with van der Waals surface area (Å²) in [6.45, 7) is 5.22. The van der Waals surface area contributed by atoms with Gasteiger partial charge in [-0.15, -0.1) is 0 Å². The Balaban J connectivity index is 2.87. The van der Waals surface area contributed by atoms with Crippen molar-refractivity contribution in [3.8, 4) is 0 Å². The fourth-order valence-electron chi connectivity index (χ4n) is 1.75. The summed E-state index contributed by atoms with van der Waals surface area (Å²) in [6.07, 6.45) is -0.0567. The number of nitro benzene ring substituents is 1. The summed E-state index contributed by atoms with van der Waals surface area (Å²) in [6, 6.07) is 4.98. The number of para-hydroxylation sites is 1. The van der Waals surface area contributed by atoms with Gasteiger partial charge in [-0.3, -0.25) is 10.1 Å². The van der Waals surface area contributed by atoms with E-state index < -0.39 is 0 Å². The molecule has 106 valence electrons.